The van der Waals surface area contributed by atoms with E-state index in [0.29, 0.717) is 12.3 Å². The number of thioether (sulfide) groups is 1. The maximum atomic E-state index is 12.2. The van der Waals surface area contributed by atoms with Gasteiger partial charge >= 0.3 is 0 Å². The van der Waals surface area contributed by atoms with Gasteiger partial charge in [0.05, 0.1) is 34.3 Å². The minimum atomic E-state index is 0.00206. The number of rotatable bonds is 7. The number of H-pyrrole nitrogens is 1. The van der Waals surface area contributed by atoms with Crippen LogP contribution in [0.1, 0.15) is 23.7 Å². The highest BCUT2D eigenvalue weighted by Crippen LogP contribution is 2.27. The molecule has 2 aromatic carbocycles. The fourth-order valence-corrected chi connectivity index (χ4v) is 4.39. The van der Waals surface area contributed by atoms with Crippen LogP contribution in [0.5, 0.6) is 0 Å². The Balaban J connectivity index is 1.27. The number of nitrogens with one attached hydrogen (secondary N) is 2. The predicted molar refractivity (Wildman–Crippen MR) is 116 cm³/mol. The molecule has 0 spiro atoms. The van der Waals surface area contributed by atoms with Crippen molar-refractivity contribution in [2.24, 2.45) is 0 Å². The first kappa shape index (κ1) is 18.7. The Morgan fingerprint density at radius 3 is 2.75 bits per heavy atom. The molecule has 5 nitrogen and oxygen atoms in total. The molecule has 0 saturated carbocycles. The third kappa shape index (κ3) is 4.43. The van der Waals surface area contributed by atoms with E-state index in [2.05, 4.69) is 27.2 Å². The summed E-state index contributed by atoms with van der Waals surface area (Å²) >= 11 is 3.16. The van der Waals surface area contributed by atoms with E-state index in [9.17, 15) is 4.79 Å². The molecule has 0 bridgehead atoms. The van der Waals surface area contributed by atoms with Crippen LogP contribution in [-0.4, -0.2) is 26.6 Å². The number of hydrogen-bond donors (Lipinski definition) is 2. The number of fused-ring (bicyclic) bond motifs is 1. The summed E-state index contributed by atoms with van der Waals surface area (Å²) in [6, 6.07) is 18.0. The molecular weight excluding hydrogens is 388 g/mol. The summed E-state index contributed by atoms with van der Waals surface area (Å²) in [6.07, 6.45) is 0. The minimum Gasteiger partial charge on any atom is -0.350 e. The summed E-state index contributed by atoms with van der Waals surface area (Å²) in [5, 5.41) is 6.03. The summed E-state index contributed by atoms with van der Waals surface area (Å²) in [5.41, 5.74) is 3.95. The lowest BCUT2D eigenvalue weighted by Gasteiger charge is -2.08. The van der Waals surface area contributed by atoms with E-state index >= 15 is 0 Å². The molecule has 0 radical (unpaired) electrons. The lowest BCUT2D eigenvalue weighted by Crippen LogP contribution is -2.25. The topological polar surface area (TPSA) is 70.7 Å². The first-order valence-corrected chi connectivity index (χ1v) is 10.9. The molecule has 1 amide bonds. The van der Waals surface area contributed by atoms with Gasteiger partial charge in [0.25, 0.3) is 0 Å². The van der Waals surface area contributed by atoms with E-state index in [4.69, 9.17) is 0 Å². The molecule has 2 heterocycles. The zero-order valence-electron chi connectivity index (χ0n) is 15.4. The number of thiazole rings is 1. The van der Waals surface area contributed by atoms with Crippen molar-refractivity contribution in [2.75, 3.05) is 5.75 Å². The Hall–Kier alpha value is -2.64. The van der Waals surface area contributed by atoms with E-state index < -0.39 is 0 Å². The monoisotopic (exact) mass is 408 g/mol. The van der Waals surface area contributed by atoms with E-state index in [1.54, 1.807) is 23.1 Å². The molecule has 0 saturated heterocycles. The lowest BCUT2D eigenvalue weighted by molar-refractivity contribution is -0.118. The van der Waals surface area contributed by atoms with Gasteiger partial charge in [-0.15, -0.1) is 23.1 Å². The second-order valence-electron chi connectivity index (χ2n) is 6.38. The minimum absolute atomic E-state index is 0.00206. The Kier molecular flexibility index (Phi) is 5.73. The number of imidazole rings is 1. The van der Waals surface area contributed by atoms with Crippen molar-refractivity contribution >= 4 is 40.0 Å². The number of carbonyl (C=O) groups excluding carboxylic acids is 1. The second kappa shape index (κ2) is 8.58. The van der Waals surface area contributed by atoms with E-state index in [0.717, 1.165) is 33.1 Å². The number of aromatic amines is 1. The zero-order chi connectivity index (χ0) is 19.3. The van der Waals surface area contributed by atoms with Gasteiger partial charge in [0.2, 0.25) is 5.91 Å². The Morgan fingerprint density at radius 2 is 1.93 bits per heavy atom. The summed E-state index contributed by atoms with van der Waals surface area (Å²) in [7, 11) is 0. The first-order chi connectivity index (χ1) is 13.7. The summed E-state index contributed by atoms with van der Waals surface area (Å²) in [5.74, 6) is 1.28. The van der Waals surface area contributed by atoms with Crippen LogP contribution in [0.25, 0.3) is 21.6 Å². The van der Waals surface area contributed by atoms with Crippen molar-refractivity contribution in [1.29, 1.82) is 0 Å². The molecular formula is C21H20N4OS2. The van der Waals surface area contributed by atoms with Crippen molar-refractivity contribution in [2.45, 2.75) is 18.7 Å². The maximum Gasteiger partial charge on any atom is 0.230 e. The van der Waals surface area contributed by atoms with Crippen LogP contribution >= 0.6 is 23.1 Å². The van der Waals surface area contributed by atoms with Crippen LogP contribution in [0.15, 0.2) is 60.0 Å². The van der Waals surface area contributed by atoms with Crippen molar-refractivity contribution in [1.82, 2.24) is 20.3 Å². The highest BCUT2D eigenvalue weighted by molar-refractivity contribution is 8.00. The molecule has 0 aliphatic rings. The van der Waals surface area contributed by atoms with Gasteiger partial charge in [-0.1, -0.05) is 42.5 Å². The lowest BCUT2D eigenvalue weighted by atomic mass is 10.2. The van der Waals surface area contributed by atoms with E-state index in [-0.39, 0.29) is 11.2 Å². The van der Waals surface area contributed by atoms with Gasteiger partial charge in [0.15, 0.2) is 0 Å². The smallest absolute Gasteiger partial charge is 0.230 e. The van der Waals surface area contributed by atoms with Gasteiger partial charge in [-0.2, -0.15) is 0 Å². The van der Waals surface area contributed by atoms with Crippen LogP contribution in [-0.2, 0) is 11.3 Å². The maximum absolute atomic E-state index is 12.2. The SMILES string of the molecule is CC(SCC(=O)NCc1csc(-c2ccccc2)n1)c1nc2ccccc2[nH]1. The average molecular weight is 409 g/mol. The van der Waals surface area contributed by atoms with E-state index in [1.165, 1.54) is 0 Å². The number of carbonyl (C=O) groups is 1. The Morgan fingerprint density at radius 1 is 1.14 bits per heavy atom. The molecule has 0 fully saturated rings. The van der Waals surface area contributed by atoms with Crippen LogP contribution in [0.4, 0.5) is 0 Å². The molecule has 7 heteroatoms. The van der Waals surface area contributed by atoms with Crippen molar-refractivity contribution in [3.05, 3.63) is 71.5 Å². The predicted octanol–water partition coefficient (Wildman–Crippen LogP) is 4.80. The Labute approximate surface area is 171 Å². The zero-order valence-corrected chi connectivity index (χ0v) is 17.0. The quantitative estimate of drug-likeness (QED) is 0.461. The fraction of sp³-hybridized carbons (Fsp3) is 0.190. The normalized spacial score (nSPS) is 12.2. The highest BCUT2D eigenvalue weighted by Gasteiger charge is 2.13. The number of nitrogens with zero attached hydrogens (tertiary/aromatic N) is 2. The van der Waals surface area contributed by atoms with Gasteiger partial charge in [-0.3, -0.25) is 4.79 Å². The van der Waals surface area contributed by atoms with Gasteiger partial charge in [0, 0.05) is 10.9 Å². The number of hydrogen-bond acceptors (Lipinski definition) is 5. The van der Waals surface area contributed by atoms with Crippen molar-refractivity contribution in [3.8, 4) is 10.6 Å². The largest absolute Gasteiger partial charge is 0.350 e. The summed E-state index contributed by atoms with van der Waals surface area (Å²) in [4.78, 5) is 24.7. The summed E-state index contributed by atoms with van der Waals surface area (Å²) < 4.78 is 0. The molecule has 2 N–H and O–H groups in total. The van der Waals surface area contributed by atoms with Crippen LogP contribution in [0.3, 0.4) is 0 Å². The molecule has 0 aliphatic carbocycles. The Bertz CT molecular complexity index is 1040. The van der Waals surface area contributed by atoms with Gasteiger partial charge in [-0.05, 0) is 19.1 Å². The third-order valence-electron chi connectivity index (χ3n) is 4.30. The molecule has 4 aromatic rings. The van der Waals surface area contributed by atoms with Crippen molar-refractivity contribution < 1.29 is 4.79 Å². The van der Waals surface area contributed by atoms with Crippen molar-refractivity contribution in [3.63, 3.8) is 0 Å². The van der Waals surface area contributed by atoms with Gasteiger partial charge < -0.3 is 10.3 Å². The van der Waals surface area contributed by atoms with Crippen LogP contribution < -0.4 is 5.32 Å². The number of benzene rings is 2. The first-order valence-electron chi connectivity index (χ1n) is 9.02. The molecule has 4 rings (SSSR count). The molecule has 2 aromatic heterocycles. The molecule has 1 unspecified atom stereocenters. The van der Waals surface area contributed by atoms with Crippen LogP contribution in [0, 0.1) is 0 Å². The number of amides is 1. The number of aromatic nitrogens is 3. The van der Waals surface area contributed by atoms with Gasteiger partial charge in [0.1, 0.15) is 10.8 Å². The molecule has 28 heavy (non-hydrogen) atoms. The molecule has 142 valence electrons. The molecule has 0 aliphatic heterocycles. The van der Waals surface area contributed by atoms with Gasteiger partial charge in [-0.25, -0.2) is 9.97 Å². The fourth-order valence-electron chi connectivity index (χ4n) is 2.79. The summed E-state index contributed by atoms with van der Waals surface area (Å²) in [6.45, 7) is 2.50. The highest BCUT2D eigenvalue weighted by atomic mass is 32.2. The standard InChI is InChI=1S/C21H20N4OS2/c1-14(20-24-17-9-5-6-10-18(17)25-20)27-13-19(26)22-11-16-12-28-21(23-16)15-7-3-2-4-8-15/h2-10,12,14H,11,13H2,1H3,(H,22,26)(H,24,25). The average Bonchev–Trinajstić information content (AvgIpc) is 3.38. The third-order valence-corrected chi connectivity index (χ3v) is 6.39. The molecule has 1 atom stereocenters. The number of para-hydroxylation sites is 2. The van der Waals surface area contributed by atoms with Crippen LogP contribution in [0.2, 0.25) is 0 Å². The van der Waals surface area contributed by atoms with E-state index in [1.807, 2.05) is 60.0 Å². The second-order valence-corrected chi connectivity index (χ2v) is 8.57.